The van der Waals surface area contributed by atoms with Crippen LogP contribution in [0.4, 0.5) is 8.78 Å². The van der Waals surface area contributed by atoms with Crippen molar-refractivity contribution in [3.8, 4) is 11.9 Å². The van der Waals surface area contributed by atoms with Gasteiger partial charge in [-0.05, 0) is 6.07 Å². The minimum absolute atomic E-state index is 0.540. The molecule has 0 atom stereocenters. The number of rotatable bonds is 3. The molecule has 0 fully saturated rings. The molecule has 0 amide bonds. The Hall–Kier alpha value is -1.46. The second-order valence-corrected chi connectivity index (χ2v) is 5.29. The number of ether oxygens (including phenoxy) is 1. The third-order valence-electron chi connectivity index (χ3n) is 1.74. The van der Waals surface area contributed by atoms with Crippen LogP contribution >= 0.6 is 10.7 Å². The number of halogens is 3. The van der Waals surface area contributed by atoms with Crippen molar-refractivity contribution in [2.45, 2.75) is 11.3 Å². The first-order valence-corrected chi connectivity index (χ1v) is 6.34. The van der Waals surface area contributed by atoms with Crippen LogP contribution in [0.15, 0.2) is 11.0 Å². The number of alkyl halides is 2. The minimum Gasteiger partial charge on any atom is -0.480 e. The summed E-state index contributed by atoms with van der Waals surface area (Å²) in [7, 11) is 1.79. The molecule has 0 saturated carbocycles. The smallest absolute Gasteiger partial charge is 0.280 e. The molecule has 1 rings (SSSR count). The first kappa shape index (κ1) is 13.6. The summed E-state index contributed by atoms with van der Waals surface area (Å²) in [4.78, 5) is 2.56. The van der Waals surface area contributed by atoms with Crippen LogP contribution in [0.3, 0.4) is 0 Å². The fraction of sp³-hybridized carbons (Fsp3) is 0.250. The maximum absolute atomic E-state index is 12.4. The number of aromatic nitrogens is 1. The minimum atomic E-state index is -4.31. The summed E-state index contributed by atoms with van der Waals surface area (Å²) in [6, 6.07) is 2.11. The van der Waals surface area contributed by atoms with Crippen LogP contribution in [0.1, 0.15) is 17.7 Å². The highest BCUT2D eigenvalue weighted by molar-refractivity contribution is 8.13. The fourth-order valence-corrected chi connectivity index (χ4v) is 2.25. The lowest BCUT2D eigenvalue weighted by Gasteiger charge is -2.08. The molecule has 0 aromatic carbocycles. The predicted octanol–water partition coefficient (Wildman–Crippen LogP) is 1.83. The Morgan fingerprint density at radius 1 is 1.59 bits per heavy atom. The highest BCUT2D eigenvalue weighted by atomic mass is 35.7. The van der Waals surface area contributed by atoms with Crippen molar-refractivity contribution in [3.63, 3.8) is 0 Å². The molecule has 0 bridgehead atoms. The van der Waals surface area contributed by atoms with Gasteiger partial charge in [0.05, 0.1) is 12.7 Å². The van der Waals surface area contributed by atoms with Crippen molar-refractivity contribution in [1.29, 1.82) is 5.26 Å². The van der Waals surface area contributed by atoms with Gasteiger partial charge in [-0.2, -0.15) is 5.26 Å². The molecule has 0 aliphatic rings. The summed E-state index contributed by atoms with van der Waals surface area (Å²) in [5, 5.41) is 8.71. The molecule has 1 heterocycles. The average molecular weight is 283 g/mol. The zero-order valence-corrected chi connectivity index (χ0v) is 9.89. The summed E-state index contributed by atoms with van der Waals surface area (Å²) in [5.41, 5.74) is -1.30. The highest BCUT2D eigenvalue weighted by Crippen LogP contribution is 2.31. The SMILES string of the molecule is COc1nc(C(F)F)cc(C#N)c1S(=O)(=O)Cl. The van der Waals surface area contributed by atoms with Crippen LogP contribution in [0.5, 0.6) is 5.88 Å². The van der Waals surface area contributed by atoms with E-state index in [0.717, 1.165) is 7.11 Å². The van der Waals surface area contributed by atoms with E-state index in [1.807, 2.05) is 0 Å². The van der Waals surface area contributed by atoms with E-state index < -0.39 is 37.5 Å². The van der Waals surface area contributed by atoms with Crippen molar-refractivity contribution in [2.24, 2.45) is 0 Å². The first-order valence-electron chi connectivity index (χ1n) is 4.03. The molecule has 0 unspecified atom stereocenters. The number of hydrogen-bond acceptors (Lipinski definition) is 5. The summed E-state index contributed by atoms with van der Waals surface area (Å²) in [6.45, 7) is 0. The molecule has 1 aromatic heterocycles. The molecule has 0 aliphatic heterocycles. The van der Waals surface area contributed by atoms with Gasteiger partial charge >= 0.3 is 0 Å². The second-order valence-electron chi connectivity index (χ2n) is 2.78. The average Bonchev–Trinajstić information content (AvgIpc) is 2.25. The second kappa shape index (κ2) is 4.81. The zero-order chi connectivity index (χ0) is 13.2. The third kappa shape index (κ3) is 2.81. The monoisotopic (exact) mass is 282 g/mol. The topological polar surface area (TPSA) is 80.0 Å². The van der Waals surface area contributed by atoms with Gasteiger partial charge in [-0.15, -0.1) is 0 Å². The van der Waals surface area contributed by atoms with Gasteiger partial charge in [-0.3, -0.25) is 0 Å². The highest BCUT2D eigenvalue weighted by Gasteiger charge is 2.26. The third-order valence-corrected chi connectivity index (χ3v) is 3.09. The van der Waals surface area contributed by atoms with Crippen molar-refractivity contribution < 1.29 is 21.9 Å². The number of hydrogen-bond donors (Lipinski definition) is 0. The Bertz CT molecular complexity index is 583. The zero-order valence-electron chi connectivity index (χ0n) is 8.32. The van der Waals surface area contributed by atoms with Crippen molar-refractivity contribution in [2.75, 3.05) is 7.11 Å². The quantitative estimate of drug-likeness (QED) is 0.790. The largest absolute Gasteiger partial charge is 0.480 e. The van der Waals surface area contributed by atoms with E-state index in [1.54, 1.807) is 0 Å². The van der Waals surface area contributed by atoms with E-state index in [4.69, 9.17) is 15.9 Å². The molecule has 0 saturated heterocycles. The number of nitriles is 1. The molecule has 0 spiro atoms. The summed E-state index contributed by atoms with van der Waals surface area (Å²) in [5.74, 6) is -0.630. The van der Waals surface area contributed by atoms with E-state index in [9.17, 15) is 17.2 Å². The molecular weight excluding hydrogens is 278 g/mol. The normalized spacial score (nSPS) is 11.3. The van der Waals surface area contributed by atoms with E-state index >= 15 is 0 Å². The standard InChI is InChI=1S/C8H5ClF2N2O3S/c1-16-8-6(17(9,14)15)4(3-12)2-5(13-8)7(10)11/h2,7H,1H3. The lowest BCUT2D eigenvalue weighted by Crippen LogP contribution is -2.05. The molecular formula is C8H5ClF2N2O3S. The van der Waals surface area contributed by atoms with Gasteiger partial charge in [-0.1, -0.05) is 0 Å². The Kier molecular flexibility index (Phi) is 3.85. The van der Waals surface area contributed by atoms with Gasteiger partial charge in [-0.25, -0.2) is 22.2 Å². The van der Waals surface area contributed by atoms with Gasteiger partial charge in [0.1, 0.15) is 11.8 Å². The van der Waals surface area contributed by atoms with Crippen LogP contribution in [0, 0.1) is 11.3 Å². The van der Waals surface area contributed by atoms with Gasteiger partial charge < -0.3 is 4.74 Å². The predicted molar refractivity (Wildman–Crippen MR) is 53.5 cm³/mol. The van der Waals surface area contributed by atoms with Gasteiger partial charge in [0.15, 0.2) is 4.90 Å². The molecule has 0 aliphatic carbocycles. The number of nitrogens with zero attached hydrogens (tertiary/aromatic N) is 2. The molecule has 17 heavy (non-hydrogen) atoms. The number of pyridine rings is 1. The molecule has 0 N–H and O–H groups in total. The van der Waals surface area contributed by atoms with Crippen molar-refractivity contribution in [1.82, 2.24) is 4.98 Å². The molecule has 9 heteroatoms. The summed E-state index contributed by atoms with van der Waals surface area (Å²) < 4.78 is 51.7. The molecule has 5 nitrogen and oxygen atoms in total. The van der Waals surface area contributed by atoms with E-state index in [1.165, 1.54) is 6.07 Å². The Morgan fingerprint density at radius 2 is 2.18 bits per heavy atom. The molecule has 1 aromatic rings. The maximum Gasteiger partial charge on any atom is 0.280 e. The van der Waals surface area contributed by atoms with Crippen molar-refractivity contribution in [3.05, 3.63) is 17.3 Å². The van der Waals surface area contributed by atoms with E-state index in [-0.39, 0.29) is 0 Å². The van der Waals surface area contributed by atoms with Gasteiger partial charge in [0, 0.05) is 10.7 Å². The van der Waals surface area contributed by atoms with E-state index in [0.29, 0.717) is 6.07 Å². The van der Waals surface area contributed by atoms with E-state index in [2.05, 4.69) is 9.72 Å². The van der Waals surface area contributed by atoms with Crippen LogP contribution < -0.4 is 4.74 Å². The maximum atomic E-state index is 12.4. The van der Waals surface area contributed by atoms with Crippen LogP contribution in [0.25, 0.3) is 0 Å². The number of methoxy groups -OCH3 is 1. The Morgan fingerprint density at radius 3 is 2.53 bits per heavy atom. The van der Waals surface area contributed by atoms with Gasteiger partial charge in [0.2, 0.25) is 5.88 Å². The van der Waals surface area contributed by atoms with Crippen molar-refractivity contribution >= 4 is 19.7 Å². The first-order chi connectivity index (χ1) is 7.81. The van der Waals surface area contributed by atoms with Crippen LogP contribution in [-0.4, -0.2) is 20.5 Å². The summed E-state index contributed by atoms with van der Waals surface area (Å²) in [6.07, 6.45) is -2.96. The van der Waals surface area contributed by atoms with Crippen LogP contribution in [-0.2, 0) is 9.05 Å². The summed E-state index contributed by atoms with van der Waals surface area (Å²) >= 11 is 0. The fourth-order valence-electron chi connectivity index (χ4n) is 1.10. The lowest BCUT2D eigenvalue weighted by molar-refractivity contribution is 0.144. The van der Waals surface area contributed by atoms with Crippen LogP contribution in [0.2, 0.25) is 0 Å². The molecule has 92 valence electrons. The molecule has 0 radical (unpaired) electrons. The Balaban J connectivity index is 3.67. The Labute approximate surface area is 100 Å². The lowest BCUT2D eigenvalue weighted by atomic mass is 10.2. The van der Waals surface area contributed by atoms with Gasteiger partial charge in [0.25, 0.3) is 15.5 Å².